The van der Waals surface area contributed by atoms with Crippen LogP contribution in [-0.4, -0.2) is 49.1 Å². The van der Waals surface area contributed by atoms with Gasteiger partial charge in [-0.05, 0) is 12.1 Å². The monoisotopic (exact) mass is 237 g/mol. The second kappa shape index (κ2) is 4.89. The molecular weight excluding hydrogens is 218 g/mol. The molecule has 0 aromatic carbocycles. The lowest BCUT2D eigenvalue weighted by Crippen LogP contribution is -2.58. The molecule has 2 rings (SSSR count). The summed E-state index contributed by atoms with van der Waals surface area (Å²) in [5.74, 6) is 0.0952. The first kappa shape index (κ1) is 12.1. The molecular formula is C12H19N3O2. The Hall–Kier alpha value is -1.33. The summed E-state index contributed by atoms with van der Waals surface area (Å²) in [6, 6.07) is 3.97. The Bertz CT molecular complexity index is 366. The maximum Gasteiger partial charge on any atom is 0.234 e. The van der Waals surface area contributed by atoms with E-state index in [4.69, 9.17) is 10.5 Å². The van der Waals surface area contributed by atoms with Gasteiger partial charge in [-0.2, -0.15) is 0 Å². The van der Waals surface area contributed by atoms with E-state index in [0.29, 0.717) is 26.3 Å². The largest absolute Gasteiger partial charge is 0.379 e. The van der Waals surface area contributed by atoms with Crippen molar-refractivity contribution in [1.82, 2.24) is 9.88 Å². The lowest BCUT2D eigenvalue weighted by atomic mass is 9.84. The number of aromatic nitrogens is 1. The molecule has 1 aliphatic rings. The van der Waals surface area contributed by atoms with Crippen molar-refractivity contribution in [2.45, 2.75) is 6.42 Å². The first-order valence-electron chi connectivity index (χ1n) is 5.84. The second-order valence-electron chi connectivity index (χ2n) is 4.65. The fourth-order valence-corrected chi connectivity index (χ4v) is 1.99. The maximum atomic E-state index is 12.2. The number of H-pyrrole nitrogens is 1. The van der Waals surface area contributed by atoms with Crippen molar-refractivity contribution in [3.8, 4) is 0 Å². The predicted molar refractivity (Wildman–Crippen MR) is 64.4 cm³/mol. The van der Waals surface area contributed by atoms with E-state index in [9.17, 15) is 4.79 Å². The van der Waals surface area contributed by atoms with Crippen molar-refractivity contribution >= 4 is 5.91 Å². The van der Waals surface area contributed by atoms with Crippen LogP contribution >= 0.6 is 0 Å². The molecule has 1 fully saturated rings. The number of carbonyl (C=O) groups is 1. The molecule has 0 spiro atoms. The van der Waals surface area contributed by atoms with Gasteiger partial charge in [-0.15, -0.1) is 0 Å². The number of amides is 1. The summed E-state index contributed by atoms with van der Waals surface area (Å²) >= 11 is 0. The van der Waals surface area contributed by atoms with Gasteiger partial charge in [0.05, 0.1) is 13.2 Å². The Balaban J connectivity index is 1.87. The number of hydrogen-bond acceptors (Lipinski definition) is 3. The number of carbonyl (C=O) groups excluding carboxylic acids is 1. The Morgan fingerprint density at radius 2 is 2.41 bits per heavy atom. The fraction of sp³-hybridized carbons (Fsp3) is 0.583. The number of nitrogens with one attached hydrogen (secondary N) is 1. The molecule has 0 unspecified atom stereocenters. The van der Waals surface area contributed by atoms with Gasteiger partial charge in [0, 0.05) is 38.4 Å². The van der Waals surface area contributed by atoms with Crippen LogP contribution in [0.15, 0.2) is 18.3 Å². The molecule has 1 aliphatic heterocycles. The minimum absolute atomic E-state index is 0.0952. The van der Waals surface area contributed by atoms with E-state index >= 15 is 0 Å². The first-order chi connectivity index (χ1) is 8.18. The number of rotatable bonds is 5. The van der Waals surface area contributed by atoms with E-state index in [1.54, 1.807) is 4.90 Å². The highest BCUT2D eigenvalue weighted by atomic mass is 16.5. The zero-order valence-corrected chi connectivity index (χ0v) is 10.1. The van der Waals surface area contributed by atoms with Gasteiger partial charge in [0.1, 0.15) is 5.41 Å². The van der Waals surface area contributed by atoms with Crippen LogP contribution in [0.25, 0.3) is 0 Å². The summed E-state index contributed by atoms with van der Waals surface area (Å²) < 4.78 is 5.12. The number of aromatic amines is 1. The van der Waals surface area contributed by atoms with Crippen LogP contribution in [0.2, 0.25) is 0 Å². The molecule has 3 N–H and O–H groups in total. The molecule has 94 valence electrons. The lowest BCUT2D eigenvalue weighted by Gasteiger charge is -2.41. The number of hydrogen-bond donors (Lipinski definition) is 2. The maximum absolute atomic E-state index is 12.2. The Labute approximate surface area is 101 Å². The topological polar surface area (TPSA) is 71.4 Å². The third kappa shape index (κ3) is 2.35. The number of nitrogens with zero attached hydrogens (tertiary/aromatic N) is 1. The zero-order valence-electron chi connectivity index (χ0n) is 10.1. The Morgan fingerprint density at radius 3 is 2.88 bits per heavy atom. The normalized spacial score (nSPS) is 17.5. The highest BCUT2D eigenvalue weighted by Crippen LogP contribution is 2.28. The highest BCUT2D eigenvalue weighted by Gasteiger charge is 2.46. The van der Waals surface area contributed by atoms with Crippen molar-refractivity contribution in [3.63, 3.8) is 0 Å². The van der Waals surface area contributed by atoms with Gasteiger partial charge in [-0.1, -0.05) is 0 Å². The molecule has 5 heteroatoms. The Kier molecular flexibility index (Phi) is 3.49. The summed E-state index contributed by atoms with van der Waals surface area (Å²) in [5, 5.41) is 0. The molecule has 0 bridgehead atoms. The smallest absolute Gasteiger partial charge is 0.234 e. The van der Waals surface area contributed by atoms with E-state index in [1.807, 2.05) is 25.4 Å². The average Bonchev–Trinajstić information content (AvgIpc) is 2.77. The SMILES string of the molecule is CN(CCc1ccc[nH]1)C(=O)C1(CN)COC1. The van der Waals surface area contributed by atoms with Gasteiger partial charge in [0.25, 0.3) is 0 Å². The van der Waals surface area contributed by atoms with Gasteiger partial charge in [-0.3, -0.25) is 4.79 Å². The van der Waals surface area contributed by atoms with E-state index < -0.39 is 5.41 Å². The van der Waals surface area contributed by atoms with Gasteiger partial charge in [0.15, 0.2) is 0 Å². The zero-order chi connectivity index (χ0) is 12.3. The molecule has 0 atom stereocenters. The van der Waals surface area contributed by atoms with Crippen molar-refractivity contribution < 1.29 is 9.53 Å². The summed E-state index contributed by atoms with van der Waals surface area (Å²) in [7, 11) is 1.82. The number of likely N-dealkylation sites (N-methyl/N-ethyl adjacent to an activating group) is 1. The van der Waals surface area contributed by atoms with Gasteiger partial charge in [-0.25, -0.2) is 0 Å². The standard InChI is InChI=1S/C12H19N3O2/c1-15(6-4-10-3-2-5-14-10)11(16)12(7-13)8-17-9-12/h2-3,5,14H,4,6-9,13H2,1H3. The van der Waals surface area contributed by atoms with Crippen LogP contribution in [0.5, 0.6) is 0 Å². The van der Waals surface area contributed by atoms with Gasteiger partial charge >= 0.3 is 0 Å². The summed E-state index contributed by atoms with van der Waals surface area (Å²) in [5.41, 5.74) is 6.33. The molecule has 1 saturated heterocycles. The minimum Gasteiger partial charge on any atom is -0.379 e. The third-order valence-electron chi connectivity index (χ3n) is 3.33. The summed E-state index contributed by atoms with van der Waals surface area (Å²) in [6.07, 6.45) is 2.72. The highest BCUT2D eigenvalue weighted by molar-refractivity contribution is 5.84. The lowest BCUT2D eigenvalue weighted by molar-refractivity contribution is -0.169. The van der Waals surface area contributed by atoms with Crippen LogP contribution in [-0.2, 0) is 16.0 Å². The van der Waals surface area contributed by atoms with Crippen molar-refractivity contribution in [1.29, 1.82) is 0 Å². The summed E-state index contributed by atoms with van der Waals surface area (Å²) in [6.45, 7) is 1.96. The third-order valence-corrected chi connectivity index (χ3v) is 3.33. The molecule has 5 nitrogen and oxygen atoms in total. The van der Waals surface area contributed by atoms with Crippen LogP contribution in [0, 0.1) is 5.41 Å². The van der Waals surface area contributed by atoms with Gasteiger partial charge in [0.2, 0.25) is 5.91 Å². The predicted octanol–water partition coefficient (Wildman–Crippen LogP) is -0.00910. The van der Waals surface area contributed by atoms with Crippen LogP contribution in [0.1, 0.15) is 5.69 Å². The fourth-order valence-electron chi connectivity index (χ4n) is 1.99. The quantitative estimate of drug-likeness (QED) is 0.756. The van der Waals surface area contributed by atoms with Crippen molar-refractivity contribution in [3.05, 3.63) is 24.0 Å². The molecule has 0 radical (unpaired) electrons. The van der Waals surface area contributed by atoms with E-state index in [1.165, 1.54) is 0 Å². The van der Waals surface area contributed by atoms with Crippen molar-refractivity contribution in [2.24, 2.45) is 11.1 Å². The molecule has 17 heavy (non-hydrogen) atoms. The second-order valence-corrected chi connectivity index (χ2v) is 4.65. The van der Waals surface area contributed by atoms with Gasteiger partial charge < -0.3 is 20.4 Å². The summed E-state index contributed by atoms with van der Waals surface area (Å²) in [4.78, 5) is 17.1. The van der Waals surface area contributed by atoms with Crippen LogP contribution in [0.4, 0.5) is 0 Å². The van der Waals surface area contributed by atoms with E-state index in [2.05, 4.69) is 4.98 Å². The van der Waals surface area contributed by atoms with E-state index in [-0.39, 0.29) is 5.91 Å². The van der Waals surface area contributed by atoms with Crippen LogP contribution < -0.4 is 5.73 Å². The molecule has 1 aromatic rings. The first-order valence-corrected chi connectivity index (χ1v) is 5.84. The minimum atomic E-state index is -0.468. The molecule has 0 saturated carbocycles. The molecule has 1 amide bonds. The Morgan fingerprint density at radius 1 is 1.65 bits per heavy atom. The number of ether oxygens (including phenoxy) is 1. The molecule has 2 heterocycles. The van der Waals surface area contributed by atoms with Crippen molar-refractivity contribution in [2.75, 3.05) is 33.4 Å². The number of nitrogens with two attached hydrogens (primary N) is 1. The van der Waals surface area contributed by atoms with E-state index in [0.717, 1.165) is 12.1 Å². The molecule has 0 aliphatic carbocycles. The van der Waals surface area contributed by atoms with Crippen LogP contribution in [0.3, 0.4) is 0 Å². The molecule has 1 aromatic heterocycles. The average molecular weight is 237 g/mol.